The average Bonchev–Trinajstić information content (AvgIpc) is 2.78. The molecule has 0 unspecified atom stereocenters. The third-order valence-electron chi connectivity index (χ3n) is 5.20. The fourth-order valence-electron chi connectivity index (χ4n) is 3.84. The van der Waals surface area contributed by atoms with E-state index in [4.69, 9.17) is 14.7 Å². The molecule has 29 heavy (non-hydrogen) atoms. The number of fused-ring (bicyclic) bond motifs is 2. The van der Waals surface area contributed by atoms with Gasteiger partial charge in [0.05, 0.1) is 23.9 Å². The largest absolute Gasteiger partial charge is 0.496 e. The van der Waals surface area contributed by atoms with E-state index in [0.29, 0.717) is 6.42 Å². The van der Waals surface area contributed by atoms with Crippen LogP contribution in [0.15, 0.2) is 91.0 Å². The highest BCUT2D eigenvalue weighted by atomic mass is 16.5. The smallest absolute Gasteiger partial charge is 0.134 e. The van der Waals surface area contributed by atoms with Gasteiger partial charge < -0.3 is 4.74 Å². The Morgan fingerprint density at radius 1 is 0.690 bits per heavy atom. The third kappa shape index (κ3) is 3.21. The van der Waals surface area contributed by atoms with E-state index in [1.54, 1.807) is 7.11 Å². The van der Waals surface area contributed by atoms with Crippen LogP contribution in [0, 0.1) is 0 Å². The Morgan fingerprint density at radius 3 is 2.24 bits per heavy atom. The molecule has 0 bridgehead atoms. The highest BCUT2D eigenvalue weighted by molar-refractivity contribution is 6.05. The second kappa shape index (κ2) is 7.36. The lowest BCUT2D eigenvalue weighted by Gasteiger charge is -2.15. The van der Waals surface area contributed by atoms with Crippen molar-refractivity contribution in [1.82, 2.24) is 9.97 Å². The number of methoxy groups -OCH3 is 1. The quantitative estimate of drug-likeness (QED) is 0.383. The lowest BCUT2D eigenvalue weighted by molar-refractivity contribution is 0.417. The molecular weight excluding hydrogens is 356 g/mol. The van der Waals surface area contributed by atoms with Crippen molar-refractivity contribution in [2.45, 2.75) is 6.42 Å². The summed E-state index contributed by atoms with van der Waals surface area (Å²) in [5.41, 5.74) is 4.06. The molecule has 0 aliphatic rings. The molecular formula is C26H20N2O. The zero-order valence-electron chi connectivity index (χ0n) is 16.2. The van der Waals surface area contributed by atoms with E-state index in [1.165, 1.54) is 5.56 Å². The number of nitrogens with zero attached hydrogens (tertiary/aromatic N) is 2. The molecule has 5 aromatic rings. The maximum Gasteiger partial charge on any atom is 0.134 e. The highest BCUT2D eigenvalue weighted by Crippen LogP contribution is 2.39. The molecule has 0 amide bonds. The van der Waals surface area contributed by atoms with E-state index in [-0.39, 0.29) is 0 Å². The number of para-hydroxylation sites is 1. The van der Waals surface area contributed by atoms with Crippen LogP contribution in [0.2, 0.25) is 0 Å². The van der Waals surface area contributed by atoms with Gasteiger partial charge in [0.25, 0.3) is 0 Å². The van der Waals surface area contributed by atoms with Gasteiger partial charge >= 0.3 is 0 Å². The molecule has 0 atom stereocenters. The summed E-state index contributed by atoms with van der Waals surface area (Å²) in [6.07, 6.45) is 0.686. The monoisotopic (exact) mass is 376 g/mol. The van der Waals surface area contributed by atoms with Gasteiger partial charge in [0.15, 0.2) is 0 Å². The van der Waals surface area contributed by atoms with Crippen molar-refractivity contribution < 1.29 is 4.74 Å². The van der Waals surface area contributed by atoms with Gasteiger partial charge in [-0.25, -0.2) is 9.97 Å². The van der Waals surface area contributed by atoms with Crippen LogP contribution in [0.25, 0.3) is 32.9 Å². The van der Waals surface area contributed by atoms with Gasteiger partial charge in [-0.05, 0) is 28.5 Å². The van der Waals surface area contributed by atoms with Gasteiger partial charge in [0.1, 0.15) is 11.6 Å². The minimum absolute atomic E-state index is 0.686. The summed E-state index contributed by atoms with van der Waals surface area (Å²) in [5, 5.41) is 3.32. The van der Waals surface area contributed by atoms with E-state index in [9.17, 15) is 0 Å². The van der Waals surface area contributed by atoms with E-state index < -0.39 is 0 Å². The second-order valence-corrected chi connectivity index (χ2v) is 7.03. The molecule has 140 valence electrons. The molecule has 1 aromatic heterocycles. The summed E-state index contributed by atoms with van der Waals surface area (Å²) in [5.74, 6) is 1.62. The van der Waals surface area contributed by atoms with E-state index in [0.717, 1.165) is 44.5 Å². The number of benzene rings is 4. The minimum Gasteiger partial charge on any atom is -0.496 e. The van der Waals surface area contributed by atoms with Crippen LogP contribution in [0.1, 0.15) is 11.4 Å². The molecule has 0 N–H and O–H groups in total. The van der Waals surface area contributed by atoms with Crippen LogP contribution in [-0.2, 0) is 6.42 Å². The molecule has 0 saturated heterocycles. The Kier molecular flexibility index (Phi) is 4.41. The first-order chi connectivity index (χ1) is 14.3. The first kappa shape index (κ1) is 17.4. The summed E-state index contributed by atoms with van der Waals surface area (Å²) in [7, 11) is 1.71. The van der Waals surface area contributed by atoms with Crippen LogP contribution < -0.4 is 4.74 Å². The molecule has 1 heterocycles. The van der Waals surface area contributed by atoms with Gasteiger partial charge in [0, 0.05) is 11.8 Å². The van der Waals surface area contributed by atoms with Crippen molar-refractivity contribution >= 4 is 21.7 Å². The number of rotatable bonds is 4. The van der Waals surface area contributed by atoms with Gasteiger partial charge in [-0.3, -0.25) is 0 Å². The average molecular weight is 376 g/mol. The van der Waals surface area contributed by atoms with Gasteiger partial charge in [0.2, 0.25) is 0 Å². The molecule has 0 saturated carbocycles. The molecule has 0 fully saturated rings. The van der Waals surface area contributed by atoms with Gasteiger partial charge in [-0.1, -0.05) is 78.9 Å². The number of aromatic nitrogens is 2. The second-order valence-electron chi connectivity index (χ2n) is 7.03. The van der Waals surface area contributed by atoms with Crippen LogP contribution in [0.5, 0.6) is 5.75 Å². The van der Waals surface area contributed by atoms with Crippen LogP contribution in [0.4, 0.5) is 0 Å². The Bertz CT molecular complexity index is 1310. The van der Waals surface area contributed by atoms with Crippen molar-refractivity contribution in [1.29, 1.82) is 0 Å². The molecule has 5 rings (SSSR count). The molecule has 0 aliphatic carbocycles. The lowest BCUT2D eigenvalue weighted by atomic mass is 9.98. The van der Waals surface area contributed by atoms with Gasteiger partial charge in [-0.2, -0.15) is 0 Å². The van der Waals surface area contributed by atoms with E-state index in [2.05, 4.69) is 48.5 Å². The van der Waals surface area contributed by atoms with E-state index >= 15 is 0 Å². The van der Waals surface area contributed by atoms with Crippen molar-refractivity contribution in [2.75, 3.05) is 7.11 Å². The summed E-state index contributed by atoms with van der Waals surface area (Å²) >= 11 is 0. The number of hydrogen-bond acceptors (Lipinski definition) is 3. The summed E-state index contributed by atoms with van der Waals surface area (Å²) < 4.78 is 5.75. The summed E-state index contributed by atoms with van der Waals surface area (Å²) in [4.78, 5) is 9.87. The third-order valence-corrected chi connectivity index (χ3v) is 5.20. The Hall–Kier alpha value is -3.72. The summed E-state index contributed by atoms with van der Waals surface area (Å²) in [6.45, 7) is 0. The number of ether oxygens (including phenoxy) is 1. The Balaban J connectivity index is 1.80. The van der Waals surface area contributed by atoms with Crippen molar-refractivity contribution in [2.24, 2.45) is 0 Å². The van der Waals surface area contributed by atoms with Crippen molar-refractivity contribution in [3.05, 3.63) is 102 Å². The molecule has 3 heteroatoms. The van der Waals surface area contributed by atoms with E-state index in [1.807, 2.05) is 42.5 Å². The van der Waals surface area contributed by atoms with Crippen LogP contribution in [-0.4, -0.2) is 17.1 Å². The van der Waals surface area contributed by atoms with Crippen molar-refractivity contribution in [3.63, 3.8) is 0 Å². The predicted molar refractivity (Wildman–Crippen MR) is 118 cm³/mol. The maximum atomic E-state index is 5.75. The highest BCUT2D eigenvalue weighted by Gasteiger charge is 2.17. The Labute approximate surface area is 169 Å². The Morgan fingerprint density at radius 2 is 1.41 bits per heavy atom. The van der Waals surface area contributed by atoms with Crippen LogP contribution in [0.3, 0.4) is 0 Å². The molecule has 4 aromatic carbocycles. The zero-order valence-corrected chi connectivity index (χ0v) is 16.2. The first-order valence-electron chi connectivity index (χ1n) is 9.69. The molecule has 3 nitrogen and oxygen atoms in total. The summed E-state index contributed by atoms with van der Waals surface area (Å²) in [6, 6.07) is 31.0. The van der Waals surface area contributed by atoms with Crippen molar-refractivity contribution in [3.8, 4) is 17.0 Å². The standard InChI is InChI=1S/C26H20N2O/c1-29-23-16-15-19-11-5-6-12-20(19)25(23)26-21-13-7-8-14-22(21)27-24(28-26)17-18-9-3-2-4-10-18/h2-16H,17H2,1H3. The molecule has 0 radical (unpaired) electrons. The van der Waals surface area contributed by atoms with Gasteiger partial charge in [-0.15, -0.1) is 0 Å². The molecule has 0 aliphatic heterocycles. The SMILES string of the molecule is COc1ccc2ccccc2c1-c1nc(Cc2ccccc2)nc2ccccc12. The minimum atomic E-state index is 0.686. The normalized spacial score (nSPS) is 11.1. The number of hydrogen-bond donors (Lipinski definition) is 0. The predicted octanol–water partition coefficient (Wildman–Crippen LogP) is 6.05. The first-order valence-corrected chi connectivity index (χ1v) is 9.69. The lowest BCUT2D eigenvalue weighted by Crippen LogP contribution is -2.01. The van der Waals surface area contributed by atoms with Crippen LogP contribution >= 0.6 is 0 Å². The maximum absolute atomic E-state index is 5.75. The molecule has 0 spiro atoms. The fraction of sp³-hybridized carbons (Fsp3) is 0.0769. The zero-order chi connectivity index (χ0) is 19.6. The topological polar surface area (TPSA) is 35.0 Å². The fourth-order valence-corrected chi connectivity index (χ4v) is 3.84.